The monoisotopic (exact) mass is 523 g/mol. The van der Waals surface area contributed by atoms with Gasteiger partial charge in [-0.3, -0.25) is 9.89 Å². The standard InChI is InChI=1S/C29H39F2N7/c1-3-24(30)29(20-10-25(31)28(32)26(11-20)36-23-6-4-5-7-23)35-18-34-27-9-8-19(12-33-27)13-38-16-21-14-37(2)15-22(21)17-38/h3,8-12,21-23,36H,4-7,13-18,32H2,1-2H3,(H,33,34)/b24-3+,35-29?. The van der Waals surface area contributed by atoms with E-state index in [1.807, 2.05) is 12.3 Å². The lowest BCUT2D eigenvalue weighted by Crippen LogP contribution is -2.26. The van der Waals surface area contributed by atoms with Crippen molar-refractivity contribution in [2.24, 2.45) is 16.8 Å². The van der Waals surface area contributed by atoms with E-state index in [4.69, 9.17) is 5.73 Å². The van der Waals surface area contributed by atoms with Crippen molar-refractivity contribution in [2.45, 2.75) is 45.2 Å². The molecule has 0 radical (unpaired) electrons. The molecule has 0 amide bonds. The Morgan fingerprint density at radius 1 is 1.16 bits per heavy atom. The zero-order valence-electron chi connectivity index (χ0n) is 22.4. The first-order valence-corrected chi connectivity index (χ1v) is 13.7. The van der Waals surface area contributed by atoms with Gasteiger partial charge in [0.05, 0.1) is 11.4 Å². The molecule has 3 heterocycles. The molecule has 2 atom stereocenters. The minimum absolute atomic E-state index is 0.0489. The number of nitrogens with one attached hydrogen (secondary N) is 2. The molecule has 2 aromatic rings. The first-order valence-electron chi connectivity index (χ1n) is 13.7. The van der Waals surface area contributed by atoms with Crippen LogP contribution in [0.2, 0.25) is 0 Å². The molecule has 2 aliphatic heterocycles. The first-order chi connectivity index (χ1) is 18.4. The molecule has 0 bridgehead atoms. The van der Waals surface area contributed by atoms with E-state index in [9.17, 15) is 8.78 Å². The molecule has 0 spiro atoms. The zero-order chi connectivity index (χ0) is 26.6. The summed E-state index contributed by atoms with van der Waals surface area (Å²) in [6.07, 6.45) is 7.52. The van der Waals surface area contributed by atoms with Gasteiger partial charge in [0, 0.05) is 50.5 Å². The van der Waals surface area contributed by atoms with E-state index in [0.717, 1.165) is 57.2 Å². The number of anilines is 3. The van der Waals surface area contributed by atoms with Gasteiger partial charge in [0.1, 0.15) is 29.8 Å². The number of pyridine rings is 1. The number of aliphatic imine (C=N–C) groups is 1. The summed E-state index contributed by atoms with van der Waals surface area (Å²) in [6.45, 7) is 7.27. The average molecular weight is 524 g/mol. The fourth-order valence-corrected chi connectivity index (χ4v) is 6.14. The summed E-state index contributed by atoms with van der Waals surface area (Å²) in [5, 5.41) is 6.47. The van der Waals surface area contributed by atoms with Crippen molar-refractivity contribution < 1.29 is 8.78 Å². The second kappa shape index (κ2) is 11.8. The maximum absolute atomic E-state index is 14.8. The number of aromatic nitrogens is 1. The molecule has 2 unspecified atom stereocenters. The smallest absolute Gasteiger partial charge is 0.148 e. The number of nitrogen functional groups attached to an aromatic ring is 1. The van der Waals surface area contributed by atoms with Crippen LogP contribution in [0.1, 0.15) is 43.7 Å². The van der Waals surface area contributed by atoms with Crippen LogP contribution in [0.15, 0.2) is 47.4 Å². The fraction of sp³-hybridized carbons (Fsp3) is 0.517. The van der Waals surface area contributed by atoms with Crippen LogP contribution in [0.4, 0.5) is 26.0 Å². The topological polar surface area (TPSA) is 81.8 Å². The number of hydrogen-bond acceptors (Lipinski definition) is 7. The van der Waals surface area contributed by atoms with Crippen molar-refractivity contribution in [2.75, 3.05) is 56.3 Å². The lowest BCUT2D eigenvalue weighted by molar-refractivity contribution is 0.272. The molecule has 4 N–H and O–H groups in total. The van der Waals surface area contributed by atoms with Gasteiger partial charge >= 0.3 is 0 Å². The highest BCUT2D eigenvalue weighted by molar-refractivity contribution is 6.12. The molecular weight excluding hydrogens is 484 g/mol. The van der Waals surface area contributed by atoms with E-state index in [0.29, 0.717) is 17.1 Å². The molecule has 7 nitrogen and oxygen atoms in total. The number of rotatable bonds is 9. The van der Waals surface area contributed by atoms with Crippen LogP contribution in [-0.4, -0.2) is 66.4 Å². The van der Waals surface area contributed by atoms with Crippen LogP contribution >= 0.6 is 0 Å². The summed E-state index contributed by atoms with van der Waals surface area (Å²) >= 11 is 0. The van der Waals surface area contributed by atoms with Crippen LogP contribution in [-0.2, 0) is 6.54 Å². The van der Waals surface area contributed by atoms with Crippen LogP contribution in [0.3, 0.4) is 0 Å². The Hall–Kier alpha value is -3.04. The second-order valence-electron chi connectivity index (χ2n) is 11.0. The summed E-state index contributed by atoms with van der Waals surface area (Å²) in [6, 6.07) is 7.18. The highest BCUT2D eigenvalue weighted by atomic mass is 19.1. The van der Waals surface area contributed by atoms with Gasteiger partial charge < -0.3 is 21.3 Å². The summed E-state index contributed by atoms with van der Waals surface area (Å²) in [7, 11) is 2.21. The van der Waals surface area contributed by atoms with E-state index >= 15 is 0 Å². The maximum Gasteiger partial charge on any atom is 0.148 e. The van der Waals surface area contributed by atoms with Crippen molar-refractivity contribution in [3.05, 3.63) is 59.3 Å². The molecule has 38 heavy (non-hydrogen) atoms. The Labute approximate surface area is 224 Å². The molecule has 3 aliphatic rings. The predicted octanol–water partition coefficient (Wildman–Crippen LogP) is 4.88. The third kappa shape index (κ3) is 6.15. The minimum atomic E-state index is -0.585. The Balaban J connectivity index is 1.22. The molecule has 9 heteroatoms. The number of hydrogen-bond donors (Lipinski definition) is 3. The predicted molar refractivity (Wildman–Crippen MR) is 151 cm³/mol. The quantitative estimate of drug-likeness (QED) is 0.321. The van der Waals surface area contributed by atoms with E-state index < -0.39 is 11.6 Å². The molecule has 2 saturated heterocycles. The van der Waals surface area contributed by atoms with Gasteiger partial charge in [0.2, 0.25) is 0 Å². The maximum atomic E-state index is 14.8. The van der Waals surface area contributed by atoms with Crippen LogP contribution in [0.25, 0.3) is 0 Å². The van der Waals surface area contributed by atoms with Crippen LogP contribution in [0.5, 0.6) is 0 Å². The number of likely N-dealkylation sites (tertiary alicyclic amines) is 2. The van der Waals surface area contributed by atoms with Crippen molar-refractivity contribution in [3.8, 4) is 0 Å². The fourth-order valence-electron chi connectivity index (χ4n) is 6.14. The van der Waals surface area contributed by atoms with Crippen LogP contribution in [0, 0.1) is 17.7 Å². The average Bonchev–Trinajstić information content (AvgIpc) is 3.62. The van der Waals surface area contributed by atoms with Crippen molar-refractivity contribution in [1.82, 2.24) is 14.8 Å². The largest absolute Gasteiger partial charge is 0.395 e. The SMILES string of the molecule is C/C=C(/F)C(=NCNc1ccc(CN2CC3CN(C)CC3C2)cn1)c1cc(F)c(N)c(NC2CCCC2)c1. The molecular formula is C29H39F2N7. The molecule has 204 valence electrons. The van der Waals surface area contributed by atoms with Gasteiger partial charge in [-0.05, 0) is 68.5 Å². The van der Waals surface area contributed by atoms with Crippen molar-refractivity contribution in [1.29, 1.82) is 0 Å². The van der Waals surface area contributed by atoms with Gasteiger partial charge in [-0.25, -0.2) is 13.8 Å². The number of nitrogens with zero attached hydrogens (tertiary/aromatic N) is 4. The van der Waals surface area contributed by atoms with E-state index in [2.05, 4.69) is 43.5 Å². The Morgan fingerprint density at radius 3 is 2.55 bits per heavy atom. The highest BCUT2D eigenvalue weighted by Gasteiger charge is 2.38. The lowest BCUT2D eigenvalue weighted by Gasteiger charge is -2.19. The Kier molecular flexibility index (Phi) is 8.24. The van der Waals surface area contributed by atoms with Gasteiger partial charge in [-0.1, -0.05) is 18.9 Å². The number of allylic oxidation sites excluding steroid dienone is 2. The summed E-state index contributed by atoms with van der Waals surface area (Å²) in [5.41, 5.74) is 8.13. The summed E-state index contributed by atoms with van der Waals surface area (Å²) < 4.78 is 29.5. The molecule has 1 saturated carbocycles. The second-order valence-corrected chi connectivity index (χ2v) is 11.0. The Morgan fingerprint density at radius 2 is 1.89 bits per heavy atom. The molecule has 1 aromatic carbocycles. The molecule has 1 aliphatic carbocycles. The molecule has 3 fully saturated rings. The molecule has 5 rings (SSSR count). The van der Waals surface area contributed by atoms with E-state index in [-0.39, 0.29) is 24.1 Å². The Bertz CT molecular complexity index is 1160. The third-order valence-corrected chi connectivity index (χ3v) is 8.07. The molecule has 1 aromatic heterocycles. The minimum Gasteiger partial charge on any atom is -0.395 e. The van der Waals surface area contributed by atoms with Gasteiger partial charge in [0.15, 0.2) is 0 Å². The van der Waals surface area contributed by atoms with Gasteiger partial charge in [-0.15, -0.1) is 0 Å². The summed E-state index contributed by atoms with van der Waals surface area (Å²) in [4.78, 5) is 13.9. The third-order valence-electron chi connectivity index (χ3n) is 8.07. The van der Waals surface area contributed by atoms with Gasteiger partial charge in [0.25, 0.3) is 0 Å². The first kappa shape index (κ1) is 26.6. The summed E-state index contributed by atoms with van der Waals surface area (Å²) in [5.74, 6) is 1.11. The van der Waals surface area contributed by atoms with Gasteiger partial charge in [-0.2, -0.15) is 0 Å². The lowest BCUT2D eigenvalue weighted by atomic mass is 10.0. The highest BCUT2D eigenvalue weighted by Crippen LogP contribution is 2.31. The van der Waals surface area contributed by atoms with Crippen LogP contribution < -0.4 is 16.4 Å². The number of fused-ring (bicyclic) bond motifs is 1. The van der Waals surface area contributed by atoms with Crippen molar-refractivity contribution >= 4 is 22.9 Å². The van der Waals surface area contributed by atoms with E-state index in [1.54, 1.807) is 13.0 Å². The number of benzene rings is 1. The normalized spacial score (nSPS) is 23.3. The zero-order valence-corrected chi connectivity index (χ0v) is 22.4. The van der Waals surface area contributed by atoms with Crippen molar-refractivity contribution in [3.63, 3.8) is 0 Å². The number of nitrogens with two attached hydrogens (primary N) is 1. The van der Waals surface area contributed by atoms with E-state index in [1.165, 1.54) is 30.8 Å². The number of halogens is 2.